The molecule has 3 heterocycles. The molecule has 1 atom stereocenters. The summed E-state index contributed by atoms with van der Waals surface area (Å²) in [5, 5.41) is 0. The summed E-state index contributed by atoms with van der Waals surface area (Å²) >= 11 is 0. The SMILES string of the molecule is CC(C)(C)OC(=O)N1CCN(c2ccc([C@H]3CCCCN3C(=O)c3ccccc3)cn2)CC1. The van der Waals surface area contributed by atoms with Gasteiger partial charge in [-0.05, 0) is 63.8 Å². The fraction of sp³-hybridized carbons (Fsp3) is 0.500. The van der Waals surface area contributed by atoms with E-state index in [1.54, 1.807) is 4.90 Å². The molecule has 4 rings (SSSR count). The predicted octanol–water partition coefficient (Wildman–Crippen LogP) is 4.51. The monoisotopic (exact) mass is 450 g/mol. The van der Waals surface area contributed by atoms with Gasteiger partial charge in [0.25, 0.3) is 5.91 Å². The lowest BCUT2D eigenvalue weighted by Gasteiger charge is -2.37. The number of hydrogen-bond donors (Lipinski definition) is 0. The molecule has 0 N–H and O–H groups in total. The molecule has 2 saturated heterocycles. The standard InChI is InChI=1S/C26H34N4O3/c1-26(2,3)33-25(32)29-17-15-28(16-18-29)23-13-12-21(19-27-23)22-11-7-8-14-30(22)24(31)20-9-5-4-6-10-20/h4-6,9-10,12-13,19,22H,7-8,11,14-18H2,1-3H3/t22-/m1/s1. The van der Waals surface area contributed by atoms with Gasteiger partial charge in [-0.15, -0.1) is 0 Å². The number of pyridine rings is 1. The molecule has 2 amide bonds. The Balaban J connectivity index is 1.39. The molecule has 1 aromatic heterocycles. The second-order valence-corrected chi connectivity index (χ2v) is 9.78. The predicted molar refractivity (Wildman–Crippen MR) is 128 cm³/mol. The van der Waals surface area contributed by atoms with E-state index >= 15 is 0 Å². The van der Waals surface area contributed by atoms with Crippen molar-refractivity contribution in [1.29, 1.82) is 0 Å². The van der Waals surface area contributed by atoms with Crippen LogP contribution in [0.2, 0.25) is 0 Å². The van der Waals surface area contributed by atoms with Crippen molar-refractivity contribution in [3.63, 3.8) is 0 Å². The summed E-state index contributed by atoms with van der Waals surface area (Å²) in [5.74, 6) is 0.988. The second-order valence-electron chi connectivity index (χ2n) is 9.78. The number of rotatable bonds is 3. The molecule has 0 bridgehead atoms. The highest BCUT2D eigenvalue weighted by Crippen LogP contribution is 2.32. The fourth-order valence-corrected chi connectivity index (χ4v) is 4.49. The molecule has 0 spiro atoms. The van der Waals surface area contributed by atoms with Crippen molar-refractivity contribution in [1.82, 2.24) is 14.8 Å². The van der Waals surface area contributed by atoms with Crippen molar-refractivity contribution in [3.8, 4) is 0 Å². The van der Waals surface area contributed by atoms with E-state index in [1.807, 2.05) is 68.3 Å². The van der Waals surface area contributed by atoms with Crippen molar-refractivity contribution in [2.45, 2.75) is 51.7 Å². The Morgan fingerprint density at radius 1 is 0.939 bits per heavy atom. The van der Waals surface area contributed by atoms with Crippen LogP contribution in [0.5, 0.6) is 0 Å². The van der Waals surface area contributed by atoms with Gasteiger partial charge in [0.2, 0.25) is 0 Å². The van der Waals surface area contributed by atoms with Gasteiger partial charge in [-0.3, -0.25) is 4.79 Å². The van der Waals surface area contributed by atoms with Crippen LogP contribution in [0.15, 0.2) is 48.7 Å². The van der Waals surface area contributed by atoms with Crippen LogP contribution in [0.4, 0.5) is 10.6 Å². The smallest absolute Gasteiger partial charge is 0.410 e. The number of piperidine rings is 1. The fourth-order valence-electron chi connectivity index (χ4n) is 4.49. The molecule has 0 saturated carbocycles. The number of carbonyl (C=O) groups excluding carboxylic acids is 2. The van der Waals surface area contributed by atoms with E-state index in [2.05, 4.69) is 11.0 Å². The van der Waals surface area contributed by atoms with E-state index in [9.17, 15) is 9.59 Å². The lowest BCUT2D eigenvalue weighted by Crippen LogP contribution is -2.50. The van der Waals surface area contributed by atoms with Gasteiger partial charge in [0.05, 0.1) is 6.04 Å². The molecule has 1 aromatic carbocycles. The summed E-state index contributed by atoms with van der Waals surface area (Å²) < 4.78 is 5.48. The number of hydrogen-bond acceptors (Lipinski definition) is 5. The molecule has 33 heavy (non-hydrogen) atoms. The third-order valence-corrected chi connectivity index (χ3v) is 6.20. The maximum absolute atomic E-state index is 13.1. The van der Waals surface area contributed by atoms with Crippen LogP contribution in [-0.2, 0) is 4.74 Å². The number of nitrogens with zero attached hydrogens (tertiary/aromatic N) is 4. The zero-order valence-corrected chi connectivity index (χ0v) is 19.9. The Labute approximate surface area is 196 Å². The summed E-state index contributed by atoms with van der Waals surface area (Å²) in [7, 11) is 0. The highest BCUT2D eigenvalue weighted by Gasteiger charge is 2.30. The van der Waals surface area contributed by atoms with Crippen molar-refractivity contribution < 1.29 is 14.3 Å². The molecule has 176 valence electrons. The van der Waals surface area contributed by atoms with Crippen LogP contribution in [0, 0.1) is 0 Å². The number of benzene rings is 1. The highest BCUT2D eigenvalue weighted by molar-refractivity contribution is 5.94. The van der Waals surface area contributed by atoms with Crippen LogP contribution in [0.1, 0.15) is 62.0 Å². The van der Waals surface area contributed by atoms with Crippen LogP contribution in [0.3, 0.4) is 0 Å². The maximum Gasteiger partial charge on any atom is 0.410 e. The third-order valence-electron chi connectivity index (χ3n) is 6.20. The van der Waals surface area contributed by atoms with Gasteiger partial charge >= 0.3 is 6.09 Å². The van der Waals surface area contributed by atoms with Crippen LogP contribution < -0.4 is 4.90 Å². The number of aromatic nitrogens is 1. The Morgan fingerprint density at radius 2 is 1.67 bits per heavy atom. The first-order valence-electron chi connectivity index (χ1n) is 11.9. The van der Waals surface area contributed by atoms with Gasteiger partial charge in [-0.1, -0.05) is 24.3 Å². The number of carbonyl (C=O) groups is 2. The Kier molecular flexibility index (Phi) is 6.86. The van der Waals surface area contributed by atoms with Crippen molar-refractivity contribution >= 4 is 17.8 Å². The largest absolute Gasteiger partial charge is 0.444 e. The average molecular weight is 451 g/mol. The molecule has 0 aliphatic carbocycles. The third kappa shape index (κ3) is 5.64. The van der Waals surface area contributed by atoms with E-state index in [0.29, 0.717) is 26.2 Å². The number of ether oxygens (including phenoxy) is 1. The number of amides is 2. The van der Waals surface area contributed by atoms with Gasteiger partial charge in [0.15, 0.2) is 0 Å². The zero-order chi connectivity index (χ0) is 23.4. The van der Waals surface area contributed by atoms with E-state index in [-0.39, 0.29) is 18.0 Å². The normalized spacial score (nSPS) is 19.4. The van der Waals surface area contributed by atoms with E-state index in [4.69, 9.17) is 9.72 Å². The lowest BCUT2D eigenvalue weighted by atomic mass is 9.95. The van der Waals surface area contributed by atoms with Gasteiger partial charge in [-0.2, -0.15) is 0 Å². The first-order chi connectivity index (χ1) is 15.8. The van der Waals surface area contributed by atoms with Crippen LogP contribution >= 0.6 is 0 Å². The van der Waals surface area contributed by atoms with E-state index < -0.39 is 5.60 Å². The van der Waals surface area contributed by atoms with Crippen molar-refractivity contribution in [3.05, 3.63) is 59.8 Å². The minimum Gasteiger partial charge on any atom is -0.444 e. The van der Waals surface area contributed by atoms with E-state index in [0.717, 1.165) is 42.8 Å². The lowest BCUT2D eigenvalue weighted by molar-refractivity contribution is 0.0240. The van der Waals surface area contributed by atoms with Crippen molar-refractivity contribution in [2.24, 2.45) is 0 Å². The molecule has 0 unspecified atom stereocenters. The minimum atomic E-state index is -0.486. The molecular weight excluding hydrogens is 416 g/mol. The summed E-state index contributed by atoms with van der Waals surface area (Å²) in [6, 6.07) is 13.7. The molecule has 2 fully saturated rings. The van der Waals surface area contributed by atoms with E-state index in [1.165, 1.54) is 0 Å². The number of likely N-dealkylation sites (tertiary alicyclic amines) is 1. The molecule has 2 aliphatic heterocycles. The maximum atomic E-state index is 13.1. The summed E-state index contributed by atoms with van der Waals surface area (Å²) in [4.78, 5) is 36.1. The molecule has 2 aliphatic rings. The van der Waals surface area contributed by atoms with Crippen molar-refractivity contribution in [2.75, 3.05) is 37.6 Å². The van der Waals surface area contributed by atoms with Gasteiger partial charge < -0.3 is 19.4 Å². The summed E-state index contributed by atoms with van der Waals surface area (Å²) in [6.07, 6.45) is 4.75. The summed E-state index contributed by atoms with van der Waals surface area (Å²) in [5.41, 5.74) is 1.33. The topological polar surface area (TPSA) is 66.0 Å². The van der Waals surface area contributed by atoms with Gasteiger partial charge in [0, 0.05) is 44.5 Å². The molecule has 0 radical (unpaired) electrons. The van der Waals surface area contributed by atoms with Gasteiger partial charge in [-0.25, -0.2) is 9.78 Å². The molecule has 2 aromatic rings. The highest BCUT2D eigenvalue weighted by atomic mass is 16.6. The van der Waals surface area contributed by atoms with Crippen LogP contribution in [0.25, 0.3) is 0 Å². The molecule has 7 nitrogen and oxygen atoms in total. The summed E-state index contributed by atoms with van der Waals surface area (Å²) in [6.45, 7) is 9.07. The number of anilines is 1. The first-order valence-corrected chi connectivity index (χ1v) is 11.9. The second kappa shape index (κ2) is 9.81. The van der Waals surface area contributed by atoms with Crippen LogP contribution in [-0.4, -0.2) is 65.1 Å². The number of piperazine rings is 1. The minimum absolute atomic E-state index is 0.0528. The average Bonchev–Trinajstić information content (AvgIpc) is 2.83. The van der Waals surface area contributed by atoms with Gasteiger partial charge in [0.1, 0.15) is 11.4 Å². The first kappa shape index (κ1) is 23.1. The Morgan fingerprint density at radius 3 is 2.30 bits per heavy atom. The molecular formula is C26H34N4O3. The Hall–Kier alpha value is -3.09. The molecule has 7 heteroatoms. The quantitative estimate of drug-likeness (QED) is 0.689. The zero-order valence-electron chi connectivity index (χ0n) is 19.9. The Bertz CT molecular complexity index is 948.